The van der Waals surface area contributed by atoms with Crippen LogP contribution < -0.4 is 11.1 Å². The Bertz CT molecular complexity index is 1040. The Hall–Kier alpha value is -3.50. The number of amides is 1. The van der Waals surface area contributed by atoms with Crippen LogP contribution in [-0.4, -0.2) is 15.7 Å². The van der Waals surface area contributed by atoms with Crippen molar-refractivity contribution in [2.24, 2.45) is 0 Å². The Labute approximate surface area is 159 Å². The van der Waals surface area contributed by atoms with Crippen molar-refractivity contribution in [3.63, 3.8) is 0 Å². The zero-order valence-corrected chi connectivity index (χ0v) is 14.3. The number of halogens is 6. The maximum atomic E-state index is 13.1. The third kappa shape index (κ3) is 4.50. The zero-order valence-electron chi connectivity index (χ0n) is 14.3. The maximum absolute atomic E-state index is 13.1. The van der Waals surface area contributed by atoms with E-state index in [0.29, 0.717) is 5.69 Å². The second-order valence-electron chi connectivity index (χ2n) is 5.95. The maximum Gasteiger partial charge on any atom is 0.435 e. The Morgan fingerprint density at radius 2 is 1.59 bits per heavy atom. The van der Waals surface area contributed by atoms with E-state index >= 15 is 0 Å². The van der Waals surface area contributed by atoms with Crippen molar-refractivity contribution in [3.8, 4) is 5.69 Å². The van der Waals surface area contributed by atoms with Gasteiger partial charge in [0.25, 0.3) is 5.91 Å². The number of rotatable bonds is 3. The van der Waals surface area contributed by atoms with Crippen LogP contribution in [0.15, 0.2) is 54.6 Å². The molecule has 0 saturated carbocycles. The number of nitrogens with zero attached hydrogens (tertiary/aromatic N) is 2. The molecule has 0 aliphatic heterocycles. The van der Waals surface area contributed by atoms with Crippen molar-refractivity contribution in [2.45, 2.75) is 12.4 Å². The molecular weight excluding hydrogens is 402 g/mol. The molecule has 0 atom stereocenters. The number of nitrogen functional groups attached to an aromatic ring is 1. The molecule has 1 aromatic heterocycles. The molecule has 0 fully saturated rings. The van der Waals surface area contributed by atoms with Crippen molar-refractivity contribution >= 4 is 17.3 Å². The van der Waals surface area contributed by atoms with Crippen LogP contribution in [0.5, 0.6) is 0 Å². The molecule has 29 heavy (non-hydrogen) atoms. The first kappa shape index (κ1) is 20.2. The molecule has 1 amide bonds. The van der Waals surface area contributed by atoms with Gasteiger partial charge in [0.2, 0.25) is 0 Å². The fourth-order valence-corrected chi connectivity index (χ4v) is 2.49. The van der Waals surface area contributed by atoms with Gasteiger partial charge in [0.05, 0.1) is 5.69 Å². The van der Waals surface area contributed by atoms with E-state index in [0.717, 1.165) is 12.1 Å². The van der Waals surface area contributed by atoms with E-state index in [1.807, 2.05) is 0 Å². The van der Waals surface area contributed by atoms with Gasteiger partial charge in [-0.05, 0) is 42.5 Å². The van der Waals surface area contributed by atoms with Crippen LogP contribution in [0.3, 0.4) is 0 Å². The van der Waals surface area contributed by atoms with Crippen molar-refractivity contribution in [3.05, 3.63) is 71.5 Å². The average Bonchev–Trinajstić information content (AvgIpc) is 3.08. The number of hydrogen-bond donors (Lipinski definition) is 2. The van der Waals surface area contributed by atoms with E-state index in [1.165, 1.54) is 24.3 Å². The topological polar surface area (TPSA) is 72.9 Å². The lowest BCUT2D eigenvalue weighted by Gasteiger charge is -2.11. The molecule has 0 aliphatic rings. The molecular formula is C18H12F6N4O. The van der Waals surface area contributed by atoms with Crippen molar-refractivity contribution in [1.29, 1.82) is 0 Å². The molecule has 5 nitrogen and oxygen atoms in total. The Balaban J connectivity index is 1.89. The number of aromatic nitrogens is 2. The SMILES string of the molecule is Nc1cccc(C(=O)Nc2ccc(-n3nc(C(F)(F)F)cc3C(F)(F)F)cc2)c1. The smallest absolute Gasteiger partial charge is 0.399 e. The summed E-state index contributed by atoms with van der Waals surface area (Å²) in [7, 11) is 0. The molecule has 0 saturated heterocycles. The molecule has 2 aromatic carbocycles. The summed E-state index contributed by atoms with van der Waals surface area (Å²) in [5.74, 6) is -0.514. The summed E-state index contributed by atoms with van der Waals surface area (Å²) < 4.78 is 77.8. The summed E-state index contributed by atoms with van der Waals surface area (Å²) in [4.78, 5) is 12.2. The normalized spacial score (nSPS) is 12.1. The molecule has 3 aromatic rings. The van der Waals surface area contributed by atoms with Gasteiger partial charge in [-0.2, -0.15) is 31.4 Å². The minimum Gasteiger partial charge on any atom is -0.399 e. The Morgan fingerprint density at radius 3 is 2.14 bits per heavy atom. The van der Waals surface area contributed by atoms with Gasteiger partial charge < -0.3 is 11.1 Å². The number of benzene rings is 2. The van der Waals surface area contributed by atoms with Crippen LogP contribution in [0.1, 0.15) is 21.7 Å². The lowest BCUT2D eigenvalue weighted by molar-refractivity contribution is -0.143. The highest BCUT2D eigenvalue weighted by Gasteiger charge is 2.42. The molecule has 11 heteroatoms. The van der Waals surface area contributed by atoms with E-state index in [-0.39, 0.29) is 27.7 Å². The van der Waals surface area contributed by atoms with Gasteiger partial charge in [-0.3, -0.25) is 4.79 Å². The van der Waals surface area contributed by atoms with Crippen LogP contribution in [0.25, 0.3) is 5.69 Å². The monoisotopic (exact) mass is 414 g/mol. The molecule has 3 N–H and O–H groups in total. The van der Waals surface area contributed by atoms with E-state index in [1.54, 1.807) is 12.1 Å². The van der Waals surface area contributed by atoms with Crippen LogP contribution in [0, 0.1) is 0 Å². The molecule has 0 radical (unpaired) electrons. The van der Waals surface area contributed by atoms with Crippen LogP contribution in [0.4, 0.5) is 37.7 Å². The average molecular weight is 414 g/mol. The van der Waals surface area contributed by atoms with E-state index in [9.17, 15) is 31.1 Å². The predicted molar refractivity (Wildman–Crippen MR) is 92.4 cm³/mol. The Morgan fingerprint density at radius 1 is 0.931 bits per heavy atom. The highest BCUT2D eigenvalue weighted by Crippen LogP contribution is 2.36. The number of carbonyl (C=O) groups is 1. The van der Waals surface area contributed by atoms with Crippen molar-refractivity contribution in [1.82, 2.24) is 9.78 Å². The summed E-state index contributed by atoms with van der Waals surface area (Å²) in [5.41, 5.74) is 2.96. The third-order valence-corrected chi connectivity index (χ3v) is 3.81. The number of anilines is 2. The molecule has 152 valence electrons. The highest BCUT2D eigenvalue weighted by molar-refractivity contribution is 6.04. The molecule has 0 unspecified atom stereocenters. The van der Waals surface area contributed by atoms with E-state index < -0.39 is 29.6 Å². The van der Waals surface area contributed by atoms with Crippen molar-refractivity contribution < 1.29 is 31.1 Å². The summed E-state index contributed by atoms with van der Waals surface area (Å²) in [5, 5.41) is 5.55. The van der Waals surface area contributed by atoms with Gasteiger partial charge in [0.1, 0.15) is 5.69 Å². The first-order chi connectivity index (χ1) is 13.4. The Kier molecular flexibility index (Phi) is 4.99. The molecule has 3 rings (SSSR count). The summed E-state index contributed by atoms with van der Waals surface area (Å²) in [6.45, 7) is 0. The van der Waals surface area contributed by atoms with Gasteiger partial charge in [-0.15, -0.1) is 0 Å². The standard InChI is InChI=1S/C18H12F6N4O/c19-17(20,21)14-9-15(18(22,23)24)28(27-14)13-6-4-12(5-7-13)26-16(29)10-2-1-3-11(25)8-10/h1-9H,25H2,(H,26,29). The molecule has 0 aliphatic carbocycles. The lowest BCUT2D eigenvalue weighted by Crippen LogP contribution is -2.14. The fourth-order valence-electron chi connectivity index (χ4n) is 2.49. The minimum atomic E-state index is -5.05. The quantitative estimate of drug-likeness (QED) is 0.480. The van der Waals surface area contributed by atoms with Gasteiger partial charge in [-0.25, -0.2) is 4.68 Å². The molecule has 0 bridgehead atoms. The fraction of sp³-hybridized carbons (Fsp3) is 0.111. The van der Waals surface area contributed by atoms with E-state index in [2.05, 4.69) is 10.4 Å². The number of nitrogens with one attached hydrogen (secondary N) is 1. The lowest BCUT2D eigenvalue weighted by atomic mass is 10.2. The van der Waals surface area contributed by atoms with Gasteiger partial charge in [0, 0.05) is 23.0 Å². The van der Waals surface area contributed by atoms with Crippen LogP contribution in [0.2, 0.25) is 0 Å². The van der Waals surface area contributed by atoms with E-state index in [4.69, 9.17) is 5.73 Å². The highest BCUT2D eigenvalue weighted by atomic mass is 19.4. The predicted octanol–water partition coefficient (Wildman–Crippen LogP) is 4.74. The molecule has 0 spiro atoms. The van der Waals surface area contributed by atoms with Crippen molar-refractivity contribution in [2.75, 3.05) is 11.1 Å². The zero-order chi connectivity index (χ0) is 21.4. The number of nitrogens with two attached hydrogens (primary N) is 1. The van der Waals surface area contributed by atoms with Gasteiger partial charge >= 0.3 is 12.4 Å². The second-order valence-corrected chi connectivity index (χ2v) is 5.95. The van der Waals surface area contributed by atoms with Crippen LogP contribution >= 0.6 is 0 Å². The van der Waals surface area contributed by atoms with Crippen LogP contribution in [-0.2, 0) is 12.4 Å². The first-order valence-corrected chi connectivity index (χ1v) is 7.97. The third-order valence-electron chi connectivity index (χ3n) is 3.81. The van der Waals surface area contributed by atoms with Gasteiger partial charge in [0.15, 0.2) is 5.69 Å². The summed E-state index contributed by atoms with van der Waals surface area (Å²) in [6.07, 6.45) is -10.1. The minimum absolute atomic E-state index is 0.0600. The first-order valence-electron chi connectivity index (χ1n) is 7.97. The number of alkyl halides is 6. The summed E-state index contributed by atoms with van der Waals surface area (Å²) >= 11 is 0. The molecule has 1 heterocycles. The largest absolute Gasteiger partial charge is 0.435 e. The second kappa shape index (κ2) is 7.15. The summed E-state index contributed by atoms with van der Waals surface area (Å²) in [6, 6.07) is 10.7. The number of carbonyl (C=O) groups excluding carboxylic acids is 1. The van der Waals surface area contributed by atoms with Gasteiger partial charge in [-0.1, -0.05) is 6.07 Å². The number of hydrogen-bond acceptors (Lipinski definition) is 3.